The molecule has 6 nitrogen and oxygen atoms in total. The van der Waals surface area contributed by atoms with Gasteiger partial charge in [-0.3, -0.25) is 9.59 Å². The van der Waals surface area contributed by atoms with Gasteiger partial charge in [0.15, 0.2) is 0 Å². The predicted octanol–water partition coefficient (Wildman–Crippen LogP) is 2.15. The Kier molecular flexibility index (Phi) is 5.82. The van der Waals surface area contributed by atoms with Crippen molar-refractivity contribution in [2.75, 3.05) is 0 Å². The number of ketones is 1. The second kappa shape index (κ2) is 8.07. The first-order valence-electron chi connectivity index (χ1n) is 7.34. The van der Waals surface area contributed by atoms with E-state index in [1.54, 1.807) is 0 Å². The van der Waals surface area contributed by atoms with Gasteiger partial charge in [0.05, 0.1) is 12.5 Å². The van der Waals surface area contributed by atoms with Crippen LogP contribution in [0.4, 0.5) is 0 Å². The molecule has 1 aromatic heterocycles. The molecule has 1 atom stereocenters. The van der Waals surface area contributed by atoms with Crippen molar-refractivity contribution in [3.05, 3.63) is 47.7 Å². The maximum Gasteiger partial charge on any atom is 0.286 e. The first-order chi connectivity index (χ1) is 10.7. The van der Waals surface area contributed by atoms with Gasteiger partial charge in [0.1, 0.15) is 0 Å². The molecule has 0 fully saturated rings. The fraction of sp³-hybridized carbons (Fsp3) is 0.375. The van der Waals surface area contributed by atoms with Crippen molar-refractivity contribution in [2.24, 2.45) is 0 Å². The van der Waals surface area contributed by atoms with Crippen LogP contribution < -0.4 is 5.32 Å². The molecule has 0 spiro atoms. The van der Waals surface area contributed by atoms with Crippen LogP contribution >= 0.6 is 0 Å². The third kappa shape index (κ3) is 4.25. The first kappa shape index (κ1) is 15.9. The molecule has 2 aromatic rings. The number of amides is 1. The summed E-state index contributed by atoms with van der Waals surface area (Å²) < 4.78 is 5.43. The average Bonchev–Trinajstić information content (AvgIpc) is 3.00. The first-order valence-corrected chi connectivity index (χ1v) is 7.34. The second-order valence-electron chi connectivity index (χ2n) is 5.01. The topological polar surface area (TPSA) is 85.1 Å². The Labute approximate surface area is 128 Å². The van der Waals surface area contributed by atoms with Gasteiger partial charge in [-0.05, 0) is 12.0 Å². The van der Waals surface area contributed by atoms with Gasteiger partial charge in [0, 0.05) is 0 Å². The summed E-state index contributed by atoms with van der Waals surface area (Å²) in [6.45, 7) is 2.02. The highest BCUT2D eigenvalue weighted by molar-refractivity contribution is 5.96. The average molecular weight is 301 g/mol. The van der Waals surface area contributed by atoms with Crippen molar-refractivity contribution in [2.45, 2.75) is 38.6 Å². The molecular formula is C16H19N3O3. The van der Waals surface area contributed by atoms with Gasteiger partial charge in [-0.15, -0.1) is 10.2 Å². The van der Waals surface area contributed by atoms with Gasteiger partial charge in [0.25, 0.3) is 5.89 Å². The molecule has 0 aliphatic rings. The van der Waals surface area contributed by atoms with Crippen molar-refractivity contribution >= 4 is 12.2 Å². The highest BCUT2D eigenvalue weighted by Crippen LogP contribution is 2.11. The third-order valence-corrected chi connectivity index (χ3v) is 3.31. The zero-order valence-corrected chi connectivity index (χ0v) is 12.5. The number of benzene rings is 1. The van der Waals surface area contributed by atoms with Crippen LogP contribution in [0.2, 0.25) is 0 Å². The lowest BCUT2D eigenvalue weighted by Crippen LogP contribution is -2.36. The molecule has 1 N–H and O–H groups in total. The second-order valence-corrected chi connectivity index (χ2v) is 5.01. The molecular weight excluding hydrogens is 282 g/mol. The van der Waals surface area contributed by atoms with E-state index in [1.165, 1.54) is 0 Å². The Hall–Kier alpha value is -2.50. The van der Waals surface area contributed by atoms with Crippen molar-refractivity contribution in [1.29, 1.82) is 0 Å². The van der Waals surface area contributed by atoms with Gasteiger partial charge in [0.2, 0.25) is 18.1 Å². The maximum absolute atomic E-state index is 12.3. The maximum atomic E-state index is 12.3. The van der Waals surface area contributed by atoms with E-state index in [1.807, 2.05) is 37.3 Å². The standard InChI is InChI=1S/C16H19N3O3/c1-2-3-9-13(17-11-20)15(21)16-19-18-14(22-16)10-12-7-5-4-6-8-12/h4-8,11,13H,2-3,9-10H2,1H3,(H,17,20). The summed E-state index contributed by atoms with van der Waals surface area (Å²) in [6.07, 6.45) is 3.33. The summed E-state index contributed by atoms with van der Waals surface area (Å²) in [6, 6.07) is 9.06. The zero-order chi connectivity index (χ0) is 15.8. The molecule has 0 bridgehead atoms. The Morgan fingerprint density at radius 1 is 1.32 bits per heavy atom. The minimum atomic E-state index is -0.609. The molecule has 0 aliphatic carbocycles. The molecule has 0 saturated heterocycles. The zero-order valence-electron chi connectivity index (χ0n) is 12.5. The molecule has 0 aliphatic heterocycles. The molecule has 22 heavy (non-hydrogen) atoms. The molecule has 1 heterocycles. The van der Waals surface area contributed by atoms with Crippen LogP contribution in [0.1, 0.15) is 48.3 Å². The third-order valence-electron chi connectivity index (χ3n) is 3.31. The smallest absolute Gasteiger partial charge is 0.286 e. The van der Waals surface area contributed by atoms with Crippen molar-refractivity contribution < 1.29 is 14.0 Å². The molecule has 1 unspecified atom stereocenters. The van der Waals surface area contributed by atoms with Crippen molar-refractivity contribution in [3.63, 3.8) is 0 Å². The molecule has 1 amide bonds. The van der Waals surface area contributed by atoms with Gasteiger partial charge >= 0.3 is 0 Å². The minimum Gasteiger partial charge on any atom is -0.418 e. The van der Waals surface area contributed by atoms with E-state index < -0.39 is 6.04 Å². The molecule has 2 rings (SSSR count). The minimum absolute atomic E-state index is 0.0543. The van der Waals surface area contributed by atoms with Gasteiger partial charge in [-0.2, -0.15) is 0 Å². The van der Waals surface area contributed by atoms with Gasteiger partial charge in [-0.1, -0.05) is 50.1 Å². The predicted molar refractivity (Wildman–Crippen MR) is 80.4 cm³/mol. The number of nitrogens with one attached hydrogen (secondary N) is 1. The van der Waals surface area contributed by atoms with E-state index in [2.05, 4.69) is 15.5 Å². The van der Waals surface area contributed by atoms with Crippen LogP contribution in [0.5, 0.6) is 0 Å². The number of hydrogen-bond donors (Lipinski definition) is 1. The molecule has 116 valence electrons. The van der Waals surface area contributed by atoms with Crippen LogP contribution in [0.3, 0.4) is 0 Å². The van der Waals surface area contributed by atoms with Crippen LogP contribution in [-0.4, -0.2) is 28.4 Å². The summed E-state index contributed by atoms with van der Waals surface area (Å²) in [5, 5.41) is 10.2. The van der Waals surface area contributed by atoms with Crippen LogP contribution in [-0.2, 0) is 11.2 Å². The lowest BCUT2D eigenvalue weighted by atomic mass is 10.1. The van der Waals surface area contributed by atoms with E-state index in [9.17, 15) is 9.59 Å². The van der Waals surface area contributed by atoms with E-state index in [0.717, 1.165) is 18.4 Å². The summed E-state index contributed by atoms with van der Waals surface area (Å²) in [4.78, 5) is 22.9. The van der Waals surface area contributed by atoms with Gasteiger partial charge in [-0.25, -0.2) is 0 Å². The Bertz CT molecular complexity index is 610. The number of hydrogen-bond acceptors (Lipinski definition) is 5. The molecule has 0 saturated carbocycles. The summed E-state index contributed by atoms with van der Waals surface area (Å²) in [7, 11) is 0. The van der Waals surface area contributed by atoms with E-state index in [4.69, 9.17) is 4.42 Å². The lowest BCUT2D eigenvalue weighted by molar-refractivity contribution is -0.110. The molecule has 1 aromatic carbocycles. The fourth-order valence-corrected chi connectivity index (χ4v) is 2.12. The Balaban J connectivity index is 2.05. The number of nitrogens with zero attached hydrogens (tertiary/aromatic N) is 2. The number of rotatable bonds is 9. The largest absolute Gasteiger partial charge is 0.418 e. The van der Waals surface area contributed by atoms with E-state index >= 15 is 0 Å². The normalized spacial score (nSPS) is 11.9. The van der Waals surface area contributed by atoms with Crippen molar-refractivity contribution in [3.8, 4) is 0 Å². The van der Waals surface area contributed by atoms with E-state index in [0.29, 0.717) is 25.1 Å². The van der Waals surface area contributed by atoms with Crippen LogP contribution in [0.25, 0.3) is 0 Å². The Morgan fingerprint density at radius 3 is 2.77 bits per heavy atom. The number of carbonyl (C=O) groups excluding carboxylic acids is 2. The number of carbonyl (C=O) groups is 2. The molecule has 0 radical (unpaired) electrons. The quantitative estimate of drug-likeness (QED) is 0.566. The fourth-order valence-electron chi connectivity index (χ4n) is 2.12. The van der Waals surface area contributed by atoms with Gasteiger partial charge < -0.3 is 9.73 Å². The van der Waals surface area contributed by atoms with Crippen molar-refractivity contribution in [1.82, 2.24) is 15.5 Å². The number of Topliss-reactive ketones (excluding diaryl/α,β-unsaturated/α-hetero) is 1. The summed E-state index contributed by atoms with van der Waals surface area (Å²) >= 11 is 0. The van der Waals surface area contributed by atoms with Crippen LogP contribution in [0.15, 0.2) is 34.7 Å². The highest BCUT2D eigenvalue weighted by atomic mass is 16.4. The summed E-state index contributed by atoms with van der Waals surface area (Å²) in [5.74, 6) is -0.0105. The van der Waals surface area contributed by atoms with Crippen LogP contribution in [0, 0.1) is 0 Å². The molecule has 6 heteroatoms. The summed E-state index contributed by atoms with van der Waals surface area (Å²) in [5.41, 5.74) is 1.03. The van der Waals surface area contributed by atoms with E-state index in [-0.39, 0.29) is 11.7 Å². The number of unbranched alkanes of at least 4 members (excludes halogenated alkanes) is 1. The monoisotopic (exact) mass is 301 g/mol. The Morgan fingerprint density at radius 2 is 2.09 bits per heavy atom. The SMILES string of the molecule is CCCCC(NC=O)C(=O)c1nnc(Cc2ccccc2)o1. The lowest BCUT2D eigenvalue weighted by Gasteiger charge is -2.11. The highest BCUT2D eigenvalue weighted by Gasteiger charge is 2.24. The number of aromatic nitrogens is 2.